The van der Waals surface area contributed by atoms with Crippen LogP contribution in [0.3, 0.4) is 0 Å². The summed E-state index contributed by atoms with van der Waals surface area (Å²) in [5, 5.41) is 0. The fraction of sp³-hybridized carbons (Fsp3) is 0.282. The number of fused-ring (bicyclic) bond motifs is 1. The van der Waals surface area contributed by atoms with E-state index in [1.54, 1.807) is 0 Å². The molecule has 3 aliphatic rings. The first-order chi connectivity index (χ1) is 18.8. The second-order valence-corrected chi connectivity index (χ2v) is 11.5. The molecule has 0 N–H and O–H groups in total. The fourth-order valence-electron chi connectivity index (χ4n) is 6.79. The maximum Gasteiger partial charge on any atom is 0.0201 e. The molecule has 2 aromatic carbocycles. The maximum atomic E-state index is 4.72. The summed E-state index contributed by atoms with van der Waals surface area (Å²) in [5.41, 5.74) is 17.4. The molecule has 0 saturated heterocycles. The van der Waals surface area contributed by atoms with Gasteiger partial charge in [0, 0.05) is 11.8 Å². The van der Waals surface area contributed by atoms with Crippen molar-refractivity contribution in [3.8, 4) is 0 Å². The summed E-state index contributed by atoms with van der Waals surface area (Å²) < 4.78 is 0. The Morgan fingerprint density at radius 3 is 2.44 bits per heavy atom. The summed E-state index contributed by atoms with van der Waals surface area (Å²) in [5.74, 6) is 0.585. The average molecular weight is 511 g/mol. The van der Waals surface area contributed by atoms with Crippen molar-refractivity contribution in [3.63, 3.8) is 0 Å². The first-order valence-electron chi connectivity index (χ1n) is 14.5. The molecule has 0 heteroatoms. The summed E-state index contributed by atoms with van der Waals surface area (Å²) in [6.07, 6.45) is 14.6. The van der Waals surface area contributed by atoms with Gasteiger partial charge in [-0.2, -0.15) is 0 Å². The maximum absolute atomic E-state index is 4.72. The molecule has 2 unspecified atom stereocenters. The molecule has 0 spiro atoms. The van der Waals surface area contributed by atoms with E-state index >= 15 is 0 Å². The van der Waals surface area contributed by atoms with Crippen molar-refractivity contribution in [3.05, 3.63) is 154 Å². The standard InChI is InChI=1S/C39H42/c1-8-13-26(5)37-27(6)20-34-24-33(28(7)38(34)39(37)31-14-11-10-12-15-31)22-30-16-18-32(21-30)35-19-17-29(9-2)23-36(35)25(3)4/h10-12,14-20,22-23,38-39H,3,5,7-9,13,21,24H2,1-2,4,6H3/b33-22+. The third-order valence-corrected chi connectivity index (χ3v) is 8.70. The highest BCUT2D eigenvalue weighted by Gasteiger charge is 2.40. The Morgan fingerprint density at radius 2 is 1.74 bits per heavy atom. The number of hydrogen-bond donors (Lipinski definition) is 0. The van der Waals surface area contributed by atoms with E-state index in [9.17, 15) is 0 Å². The van der Waals surface area contributed by atoms with E-state index in [0.29, 0.717) is 5.92 Å². The van der Waals surface area contributed by atoms with E-state index in [4.69, 9.17) is 6.58 Å². The van der Waals surface area contributed by atoms with Crippen LogP contribution in [-0.4, -0.2) is 0 Å². The third-order valence-electron chi connectivity index (χ3n) is 8.70. The normalized spacial score (nSPS) is 21.6. The number of rotatable bonds is 8. The minimum Gasteiger partial charge on any atom is -0.0955 e. The second kappa shape index (κ2) is 11.2. The zero-order chi connectivity index (χ0) is 27.7. The van der Waals surface area contributed by atoms with E-state index in [-0.39, 0.29) is 5.92 Å². The lowest BCUT2D eigenvalue weighted by Crippen LogP contribution is -2.21. The van der Waals surface area contributed by atoms with Crippen LogP contribution in [0.1, 0.15) is 81.5 Å². The van der Waals surface area contributed by atoms with Crippen LogP contribution in [0.2, 0.25) is 0 Å². The zero-order valence-corrected chi connectivity index (χ0v) is 24.2. The Bertz CT molecular complexity index is 1490. The van der Waals surface area contributed by atoms with Gasteiger partial charge in [0.05, 0.1) is 0 Å². The summed E-state index contributed by atoms with van der Waals surface area (Å²) in [4.78, 5) is 0. The van der Waals surface area contributed by atoms with Crippen LogP contribution in [0, 0.1) is 5.92 Å². The van der Waals surface area contributed by atoms with Crippen molar-refractivity contribution >= 4 is 11.1 Å². The van der Waals surface area contributed by atoms with Crippen molar-refractivity contribution in [1.29, 1.82) is 0 Å². The Morgan fingerprint density at radius 1 is 0.974 bits per heavy atom. The number of benzene rings is 2. The molecule has 0 aliphatic heterocycles. The molecule has 2 aromatic rings. The van der Waals surface area contributed by atoms with Crippen molar-refractivity contribution in [2.45, 2.75) is 65.7 Å². The van der Waals surface area contributed by atoms with Crippen LogP contribution >= 0.6 is 0 Å². The average Bonchev–Trinajstić information content (AvgIpc) is 3.52. The van der Waals surface area contributed by atoms with Crippen LogP contribution < -0.4 is 0 Å². The fourth-order valence-corrected chi connectivity index (χ4v) is 6.79. The monoisotopic (exact) mass is 510 g/mol. The molecule has 2 atom stereocenters. The first kappa shape index (κ1) is 26.9. The van der Waals surface area contributed by atoms with Gasteiger partial charge in [0.2, 0.25) is 0 Å². The molecule has 198 valence electrons. The Kier molecular flexibility index (Phi) is 7.76. The number of aryl methyl sites for hydroxylation is 1. The van der Waals surface area contributed by atoms with Crippen LogP contribution in [0.5, 0.6) is 0 Å². The predicted molar refractivity (Wildman–Crippen MR) is 171 cm³/mol. The molecule has 0 aromatic heterocycles. The quantitative estimate of drug-likeness (QED) is 0.331. The van der Waals surface area contributed by atoms with Gasteiger partial charge in [-0.15, -0.1) is 0 Å². The molecule has 1 fully saturated rings. The van der Waals surface area contributed by atoms with Gasteiger partial charge in [-0.3, -0.25) is 0 Å². The smallest absolute Gasteiger partial charge is 0.0201 e. The Hall–Kier alpha value is -3.64. The van der Waals surface area contributed by atoms with E-state index in [1.807, 2.05) is 0 Å². The lowest BCUT2D eigenvalue weighted by Gasteiger charge is -2.34. The second-order valence-electron chi connectivity index (χ2n) is 11.5. The van der Waals surface area contributed by atoms with Gasteiger partial charge >= 0.3 is 0 Å². The molecule has 0 radical (unpaired) electrons. The molecule has 39 heavy (non-hydrogen) atoms. The number of hydrogen-bond acceptors (Lipinski definition) is 0. The van der Waals surface area contributed by atoms with Crippen LogP contribution in [0.25, 0.3) is 11.1 Å². The summed E-state index contributed by atoms with van der Waals surface area (Å²) >= 11 is 0. The zero-order valence-electron chi connectivity index (χ0n) is 24.2. The molecule has 0 heterocycles. The predicted octanol–water partition coefficient (Wildman–Crippen LogP) is 10.9. The molecule has 3 aliphatic carbocycles. The van der Waals surface area contributed by atoms with Crippen LogP contribution in [0.4, 0.5) is 0 Å². The minimum atomic E-state index is 0.282. The van der Waals surface area contributed by atoms with Gasteiger partial charge < -0.3 is 0 Å². The van der Waals surface area contributed by atoms with E-state index < -0.39 is 0 Å². The van der Waals surface area contributed by atoms with Crippen molar-refractivity contribution in [2.24, 2.45) is 5.92 Å². The summed E-state index contributed by atoms with van der Waals surface area (Å²) in [6.45, 7) is 22.4. The van der Waals surface area contributed by atoms with Gasteiger partial charge in [-0.1, -0.05) is 130 Å². The molecule has 0 nitrogen and oxygen atoms in total. The number of allylic oxidation sites excluding steroid dienone is 13. The summed E-state index contributed by atoms with van der Waals surface area (Å²) in [7, 11) is 0. The lowest BCUT2D eigenvalue weighted by molar-refractivity contribution is 0.619. The van der Waals surface area contributed by atoms with Gasteiger partial charge in [0.15, 0.2) is 0 Å². The molecule has 0 bridgehead atoms. The minimum absolute atomic E-state index is 0.282. The topological polar surface area (TPSA) is 0 Å². The van der Waals surface area contributed by atoms with Gasteiger partial charge in [-0.25, -0.2) is 0 Å². The van der Waals surface area contributed by atoms with Crippen LogP contribution in [-0.2, 0) is 6.42 Å². The van der Waals surface area contributed by atoms with Crippen molar-refractivity contribution in [2.75, 3.05) is 0 Å². The molecular formula is C39H42. The highest BCUT2D eigenvalue weighted by atomic mass is 14.4. The largest absolute Gasteiger partial charge is 0.0955 e. The van der Waals surface area contributed by atoms with Gasteiger partial charge in [0.1, 0.15) is 0 Å². The molecule has 0 amide bonds. The van der Waals surface area contributed by atoms with E-state index in [0.717, 1.165) is 37.7 Å². The Balaban J connectivity index is 1.43. The first-order valence-corrected chi connectivity index (χ1v) is 14.5. The van der Waals surface area contributed by atoms with Gasteiger partial charge in [-0.05, 0) is 95.2 Å². The van der Waals surface area contributed by atoms with Gasteiger partial charge in [0.25, 0.3) is 0 Å². The highest BCUT2D eigenvalue weighted by molar-refractivity contribution is 5.82. The van der Waals surface area contributed by atoms with Crippen LogP contribution in [0.15, 0.2) is 132 Å². The summed E-state index contributed by atoms with van der Waals surface area (Å²) in [6, 6.07) is 17.9. The Labute approximate surface area is 236 Å². The third kappa shape index (κ3) is 5.18. The molecular weight excluding hydrogens is 468 g/mol. The molecule has 1 saturated carbocycles. The lowest BCUT2D eigenvalue weighted by atomic mass is 9.69. The van der Waals surface area contributed by atoms with Crippen molar-refractivity contribution in [1.82, 2.24) is 0 Å². The van der Waals surface area contributed by atoms with E-state index in [2.05, 4.69) is 114 Å². The van der Waals surface area contributed by atoms with Crippen molar-refractivity contribution < 1.29 is 0 Å². The SMILES string of the molecule is C=C(CCC)C1=C(C)C=C2C/C(=C\C3=CC=C(c4ccc(CC)cc4C(=C)C)C3)C(=C)C2C1c1ccccc1. The van der Waals surface area contributed by atoms with E-state index in [1.165, 1.54) is 66.8 Å². The molecule has 5 rings (SSSR count). The highest BCUT2D eigenvalue weighted by Crippen LogP contribution is 2.55.